The molecule has 0 unspecified atom stereocenters. The van der Waals surface area contributed by atoms with E-state index in [0.717, 1.165) is 51.1 Å². The largest absolute Gasteiger partial charge is 0.368 e. The zero-order valence-electron chi connectivity index (χ0n) is 21.7. The summed E-state index contributed by atoms with van der Waals surface area (Å²) in [6.45, 7) is 0.554. The summed E-state index contributed by atoms with van der Waals surface area (Å²) >= 11 is 6.27. The molecular weight excluding hydrogens is 516 g/mol. The number of nitrogens with zero attached hydrogens (tertiary/aromatic N) is 4. The Hall–Kier alpha value is -4.65. The molecule has 0 saturated carbocycles. The van der Waals surface area contributed by atoms with Gasteiger partial charge in [0.15, 0.2) is 5.82 Å². The average Bonchev–Trinajstić information content (AvgIpc) is 3.00. The van der Waals surface area contributed by atoms with E-state index in [1.54, 1.807) is 18.6 Å². The first-order valence-corrected chi connectivity index (χ1v) is 13.5. The van der Waals surface area contributed by atoms with Gasteiger partial charge in [0.2, 0.25) is 0 Å². The Balaban J connectivity index is 1.41. The molecule has 0 aliphatic rings. The fraction of sp³-hybridized carbons (Fsp3) is 0.0909. The second kappa shape index (κ2) is 11.6. The Morgan fingerprint density at radius 1 is 0.725 bits per heavy atom. The highest BCUT2D eigenvalue weighted by molar-refractivity contribution is 6.30. The van der Waals surface area contributed by atoms with Crippen LogP contribution in [0.2, 0.25) is 5.02 Å². The maximum Gasteiger partial charge on any atom is 0.162 e. The minimum atomic E-state index is -0.0903. The third-order valence-corrected chi connectivity index (χ3v) is 6.95. The molecule has 0 fully saturated rings. The highest BCUT2D eigenvalue weighted by Crippen LogP contribution is 2.33. The summed E-state index contributed by atoms with van der Waals surface area (Å²) in [5.41, 5.74) is 13.2. The van der Waals surface area contributed by atoms with Crippen LogP contribution in [0.4, 0.5) is 5.82 Å². The van der Waals surface area contributed by atoms with Crippen LogP contribution < -0.4 is 11.1 Å². The molecule has 0 spiro atoms. The quantitative estimate of drug-likeness (QED) is 0.214. The van der Waals surface area contributed by atoms with E-state index in [1.165, 1.54) is 5.56 Å². The number of hydrogen-bond acceptors (Lipinski definition) is 6. The van der Waals surface area contributed by atoms with Gasteiger partial charge in [-0.3, -0.25) is 9.97 Å². The van der Waals surface area contributed by atoms with Crippen molar-refractivity contribution in [2.75, 3.05) is 11.9 Å². The minimum Gasteiger partial charge on any atom is -0.368 e. The molecule has 6 nitrogen and oxygen atoms in total. The standard InChI is InChI=1S/C33H27ClN6/c34-27-11-5-9-25(20-27)24-8-4-10-26(19-24)30-31-29(14-17-37-30)33(40-32(39-31)23-12-15-36-16-13-23)38-21-28(35)18-22-6-2-1-3-7-22/h1-17,19-20,28H,18,21,35H2,(H,38,39,40)/t28-/m1/s1. The fourth-order valence-corrected chi connectivity index (χ4v) is 4.95. The highest BCUT2D eigenvalue weighted by Gasteiger charge is 2.16. The topological polar surface area (TPSA) is 89.6 Å². The van der Waals surface area contributed by atoms with E-state index < -0.39 is 0 Å². The molecule has 0 amide bonds. The zero-order valence-corrected chi connectivity index (χ0v) is 22.5. The summed E-state index contributed by atoms with van der Waals surface area (Å²) < 4.78 is 0. The van der Waals surface area contributed by atoms with Crippen molar-refractivity contribution in [2.45, 2.75) is 12.5 Å². The van der Waals surface area contributed by atoms with Crippen LogP contribution in [0, 0.1) is 0 Å². The maximum atomic E-state index is 6.51. The van der Waals surface area contributed by atoms with Crippen molar-refractivity contribution < 1.29 is 0 Å². The molecule has 0 radical (unpaired) electrons. The Kier molecular flexibility index (Phi) is 7.44. The molecule has 0 bridgehead atoms. The van der Waals surface area contributed by atoms with Crippen LogP contribution in [0.25, 0.3) is 44.7 Å². The van der Waals surface area contributed by atoms with Crippen LogP contribution in [0.15, 0.2) is 116 Å². The lowest BCUT2D eigenvalue weighted by molar-refractivity contribution is 0.698. The van der Waals surface area contributed by atoms with E-state index >= 15 is 0 Å². The molecule has 3 aromatic heterocycles. The SMILES string of the molecule is N[C@@H](CNc1nc(-c2ccncc2)nc2c(-c3cccc(-c4cccc(Cl)c4)c3)nccc12)Cc1ccccc1. The first-order chi connectivity index (χ1) is 19.6. The van der Waals surface area contributed by atoms with E-state index in [1.807, 2.05) is 72.8 Å². The van der Waals surface area contributed by atoms with E-state index in [-0.39, 0.29) is 6.04 Å². The van der Waals surface area contributed by atoms with Crippen molar-refractivity contribution >= 4 is 28.3 Å². The number of hydrogen-bond donors (Lipinski definition) is 2. The predicted octanol–water partition coefficient (Wildman–Crippen LogP) is 7.06. The third kappa shape index (κ3) is 5.69. The lowest BCUT2D eigenvalue weighted by atomic mass is 10.0. The first kappa shape index (κ1) is 25.6. The number of pyridine rings is 2. The summed E-state index contributed by atoms with van der Waals surface area (Å²) in [6, 6.07) is 32.0. The maximum absolute atomic E-state index is 6.51. The normalized spacial score (nSPS) is 11.8. The van der Waals surface area contributed by atoms with Gasteiger partial charge in [-0.1, -0.05) is 72.3 Å². The van der Waals surface area contributed by atoms with Crippen molar-refractivity contribution in [1.29, 1.82) is 0 Å². The lowest BCUT2D eigenvalue weighted by Gasteiger charge is -2.16. The van der Waals surface area contributed by atoms with Crippen molar-refractivity contribution in [3.05, 3.63) is 126 Å². The number of fused-ring (bicyclic) bond motifs is 1. The van der Waals surface area contributed by atoms with Gasteiger partial charge in [-0.2, -0.15) is 0 Å². The number of nitrogens with two attached hydrogens (primary N) is 1. The van der Waals surface area contributed by atoms with Gasteiger partial charge in [-0.15, -0.1) is 0 Å². The lowest BCUT2D eigenvalue weighted by Crippen LogP contribution is -2.31. The molecule has 3 heterocycles. The molecular formula is C33H27ClN6. The molecule has 0 aliphatic carbocycles. The van der Waals surface area contributed by atoms with Gasteiger partial charge in [0, 0.05) is 52.7 Å². The van der Waals surface area contributed by atoms with Gasteiger partial charge < -0.3 is 11.1 Å². The summed E-state index contributed by atoms with van der Waals surface area (Å²) in [7, 11) is 0. The third-order valence-electron chi connectivity index (χ3n) is 6.72. The van der Waals surface area contributed by atoms with Gasteiger partial charge in [-0.05, 0) is 59.5 Å². The fourth-order valence-electron chi connectivity index (χ4n) is 4.76. The smallest absolute Gasteiger partial charge is 0.162 e. The number of aromatic nitrogens is 4. The van der Waals surface area contributed by atoms with Crippen LogP contribution >= 0.6 is 11.6 Å². The van der Waals surface area contributed by atoms with Gasteiger partial charge >= 0.3 is 0 Å². The van der Waals surface area contributed by atoms with E-state index in [4.69, 9.17) is 32.3 Å². The molecule has 40 heavy (non-hydrogen) atoms. The first-order valence-electron chi connectivity index (χ1n) is 13.1. The number of nitrogens with one attached hydrogen (secondary N) is 1. The van der Waals surface area contributed by atoms with Gasteiger partial charge in [0.1, 0.15) is 11.3 Å². The molecule has 196 valence electrons. The van der Waals surface area contributed by atoms with Crippen molar-refractivity contribution in [2.24, 2.45) is 5.73 Å². The second-order valence-electron chi connectivity index (χ2n) is 9.61. The molecule has 3 aromatic carbocycles. The van der Waals surface area contributed by atoms with Gasteiger partial charge in [0.05, 0.1) is 5.69 Å². The molecule has 1 atom stereocenters. The van der Waals surface area contributed by atoms with Crippen LogP contribution in [0.5, 0.6) is 0 Å². The minimum absolute atomic E-state index is 0.0903. The Morgan fingerprint density at radius 2 is 1.48 bits per heavy atom. The molecule has 0 saturated heterocycles. The van der Waals surface area contributed by atoms with Crippen LogP contribution in [-0.4, -0.2) is 32.5 Å². The van der Waals surface area contributed by atoms with Crippen molar-refractivity contribution in [3.63, 3.8) is 0 Å². The van der Waals surface area contributed by atoms with Crippen molar-refractivity contribution in [1.82, 2.24) is 19.9 Å². The molecule has 7 heteroatoms. The summed E-state index contributed by atoms with van der Waals surface area (Å²) in [4.78, 5) is 18.8. The Bertz CT molecular complexity index is 1760. The molecule has 6 aromatic rings. The zero-order chi connectivity index (χ0) is 27.3. The summed E-state index contributed by atoms with van der Waals surface area (Å²) in [6.07, 6.45) is 6.04. The van der Waals surface area contributed by atoms with E-state index in [9.17, 15) is 0 Å². The summed E-state index contributed by atoms with van der Waals surface area (Å²) in [5.74, 6) is 1.31. The molecule has 6 rings (SSSR count). The monoisotopic (exact) mass is 542 g/mol. The number of rotatable bonds is 8. The Morgan fingerprint density at radius 3 is 2.27 bits per heavy atom. The molecule has 0 aliphatic heterocycles. The average molecular weight is 543 g/mol. The van der Waals surface area contributed by atoms with E-state index in [2.05, 4.69) is 34.6 Å². The number of anilines is 1. The predicted molar refractivity (Wildman–Crippen MR) is 163 cm³/mol. The summed E-state index contributed by atoms with van der Waals surface area (Å²) in [5, 5.41) is 5.08. The van der Waals surface area contributed by atoms with Crippen molar-refractivity contribution in [3.8, 4) is 33.8 Å². The molecule has 3 N–H and O–H groups in total. The highest BCUT2D eigenvalue weighted by atomic mass is 35.5. The van der Waals surface area contributed by atoms with Crippen LogP contribution in [-0.2, 0) is 6.42 Å². The number of halogens is 1. The Labute approximate surface area is 238 Å². The van der Waals surface area contributed by atoms with Gasteiger partial charge in [0.25, 0.3) is 0 Å². The van der Waals surface area contributed by atoms with E-state index in [0.29, 0.717) is 17.4 Å². The van der Waals surface area contributed by atoms with Crippen LogP contribution in [0.1, 0.15) is 5.56 Å². The van der Waals surface area contributed by atoms with Crippen LogP contribution in [0.3, 0.4) is 0 Å². The van der Waals surface area contributed by atoms with Gasteiger partial charge in [-0.25, -0.2) is 9.97 Å². The number of benzene rings is 3. The second-order valence-corrected chi connectivity index (χ2v) is 10.0.